The fourth-order valence-electron chi connectivity index (χ4n) is 3.22. The highest BCUT2D eigenvalue weighted by Gasteiger charge is 2.39. The summed E-state index contributed by atoms with van der Waals surface area (Å²) in [4.78, 5) is 46.3. The van der Waals surface area contributed by atoms with Gasteiger partial charge in [0.2, 0.25) is 0 Å². The first-order chi connectivity index (χ1) is 11.7. The lowest BCUT2D eigenvalue weighted by atomic mass is 9.90. The van der Waals surface area contributed by atoms with E-state index >= 15 is 0 Å². The van der Waals surface area contributed by atoms with Crippen molar-refractivity contribution >= 4 is 17.8 Å². The molecular formula is C18H14N2O4. The number of hydrogen-bond acceptors (Lipinski definition) is 5. The van der Waals surface area contributed by atoms with Gasteiger partial charge in [-0.15, -0.1) is 0 Å². The Balaban J connectivity index is 1.62. The second-order valence-electron chi connectivity index (χ2n) is 5.86. The third kappa shape index (κ3) is 2.19. The van der Waals surface area contributed by atoms with E-state index in [1.165, 1.54) is 18.3 Å². The highest BCUT2D eigenvalue weighted by molar-refractivity contribution is 6.21. The maximum Gasteiger partial charge on any atom is 0.365 e. The first-order valence-electron chi connectivity index (χ1n) is 7.82. The molecule has 2 heterocycles. The molecule has 1 aromatic carbocycles. The maximum absolute atomic E-state index is 12.5. The minimum absolute atomic E-state index is 0.239. The molecule has 4 rings (SSSR count). The third-order valence-corrected chi connectivity index (χ3v) is 4.42. The van der Waals surface area contributed by atoms with E-state index in [-0.39, 0.29) is 11.1 Å². The van der Waals surface area contributed by atoms with E-state index < -0.39 is 17.8 Å². The lowest BCUT2D eigenvalue weighted by Gasteiger charge is -2.19. The van der Waals surface area contributed by atoms with E-state index in [9.17, 15) is 14.4 Å². The van der Waals surface area contributed by atoms with Crippen LogP contribution in [0.15, 0.2) is 36.7 Å². The molecule has 6 heteroatoms. The lowest BCUT2D eigenvalue weighted by Crippen LogP contribution is -2.33. The monoisotopic (exact) mass is 322 g/mol. The second-order valence-corrected chi connectivity index (χ2v) is 5.86. The van der Waals surface area contributed by atoms with E-state index in [0.717, 1.165) is 36.8 Å². The largest absolute Gasteiger partial charge is 0.365 e. The summed E-state index contributed by atoms with van der Waals surface area (Å²) < 4.78 is 0. The first kappa shape index (κ1) is 14.6. The third-order valence-electron chi connectivity index (χ3n) is 4.42. The summed E-state index contributed by atoms with van der Waals surface area (Å²) in [6.45, 7) is 0. The van der Waals surface area contributed by atoms with E-state index in [1.807, 2.05) is 0 Å². The van der Waals surface area contributed by atoms with Crippen molar-refractivity contribution in [1.82, 2.24) is 10.0 Å². The van der Waals surface area contributed by atoms with Crippen molar-refractivity contribution in [3.8, 4) is 0 Å². The summed E-state index contributed by atoms with van der Waals surface area (Å²) in [6, 6.07) is 6.39. The molecule has 2 amide bonds. The normalized spacial score (nSPS) is 15.9. The lowest BCUT2D eigenvalue weighted by molar-refractivity contribution is -0.0585. The van der Waals surface area contributed by atoms with Crippen LogP contribution in [0.3, 0.4) is 0 Å². The maximum atomic E-state index is 12.5. The topological polar surface area (TPSA) is 76.6 Å². The molecule has 2 aromatic rings. The number of carbonyl (C=O) groups excluding carboxylic acids is 3. The molecule has 0 saturated carbocycles. The number of aryl methyl sites for hydroxylation is 1. The summed E-state index contributed by atoms with van der Waals surface area (Å²) in [6.07, 6.45) is 6.88. The Bertz CT molecular complexity index is 840. The van der Waals surface area contributed by atoms with Crippen LogP contribution in [0.5, 0.6) is 0 Å². The van der Waals surface area contributed by atoms with Gasteiger partial charge in [-0.25, -0.2) is 4.79 Å². The van der Waals surface area contributed by atoms with Gasteiger partial charge < -0.3 is 4.84 Å². The fourth-order valence-corrected chi connectivity index (χ4v) is 3.22. The number of aromatic nitrogens is 1. The molecule has 120 valence electrons. The van der Waals surface area contributed by atoms with Crippen LogP contribution in [0.2, 0.25) is 0 Å². The number of hydroxylamine groups is 2. The van der Waals surface area contributed by atoms with Crippen molar-refractivity contribution < 1.29 is 19.2 Å². The molecule has 6 nitrogen and oxygen atoms in total. The molecule has 1 aromatic heterocycles. The summed E-state index contributed by atoms with van der Waals surface area (Å²) in [5.41, 5.74) is 2.73. The molecule has 0 bridgehead atoms. The number of imide groups is 1. The molecular weight excluding hydrogens is 308 g/mol. The summed E-state index contributed by atoms with van der Waals surface area (Å²) >= 11 is 0. The van der Waals surface area contributed by atoms with Crippen LogP contribution in [0, 0.1) is 0 Å². The Morgan fingerprint density at radius 3 is 2.38 bits per heavy atom. The van der Waals surface area contributed by atoms with Crippen LogP contribution >= 0.6 is 0 Å². The molecule has 0 unspecified atom stereocenters. The molecule has 24 heavy (non-hydrogen) atoms. The van der Waals surface area contributed by atoms with Gasteiger partial charge in [0.15, 0.2) is 0 Å². The van der Waals surface area contributed by atoms with Gasteiger partial charge in [-0.1, -0.05) is 17.2 Å². The van der Waals surface area contributed by atoms with Gasteiger partial charge in [-0.2, -0.15) is 0 Å². The van der Waals surface area contributed by atoms with Gasteiger partial charge in [-0.3, -0.25) is 14.6 Å². The Morgan fingerprint density at radius 1 is 1.00 bits per heavy atom. The number of benzene rings is 1. The zero-order chi connectivity index (χ0) is 16.7. The molecule has 0 saturated heterocycles. The molecule has 0 atom stereocenters. The molecule has 1 aliphatic carbocycles. The van der Waals surface area contributed by atoms with E-state index in [4.69, 9.17) is 4.84 Å². The SMILES string of the molecule is O=C(ON1C(=O)c2ccccc2C1=O)c1cncc2c1CCCC2. The Labute approximate surface area is 138 Å². The average Bonchev–Trinajstić information content (AvgIpc) is 2.86. The molecule has 0 radical (unpaired) electrons. The van der Waals surface area contributed by atoms with Gasteiger partial charge in [0.1, 0.15) is 0 Å². The summed E-state index contributed by atoms with van der Waals surface area (Å²) in [5.74, 6) is -1.97. The number of fused-ring (bicyclic) bond motifs is 2. The minimum Gasteiger partial charge on any atom is -0.324 e. The van der Waals surface area contributed by atoms with Crippen LogP contribution < -0.4 is 0 Å². The Morgan fingerprint density at radius 2 is 1.67 bits per heavy atom. The number of hydrogen-bond donors (Lipinski definition) is 0. The van der Waals surface area contributed by atoms with Crippen molar-refractivity contribution in [3.05, 3.63) is 64.5 Å². The van der Waals surface area contributed by atoms with E-state index in [1.54, 1.807) is 18.3 Å². The highest BCUT2D eigenvalue weighted by atomic mass is 16.7. The molecule has 1 aliphatic heterocycles. The van der Waals surface area contributed by atoms with Gasteiger partial charge in [-0.05, 0) is 48.9 Å². The zero-order valence-corrected chi connectivity index (χ0v) is 12.8. The van der Waals surface area contributed by atoms with Crippen LogP contribution in [0.1, 0.15) is 55.0 Å². The number of rotatable bonds is 2. The summed E-state index contributed by atoms with van der Waals surface area (Å²) in [7, 11) is 0. The van der Waals surface area contributed by atoms with Gasteiger partial charge in [0.25, 0.3) is 11.8 Å². The molecule has 2 aliphatic rings. The van der Waals surface area contributed by atoms with Crippen molar-refractivity contribution in [1.29, 1.82) is 0 Å². The van der Waals surface area contributed by atoms with Crippen molar-refractivity contribution in [2.75, 3.05) is 0 Å². The standard InChI is InChI=1S/C18H14N2O4/c21-16-13-7-3-4-8-14(13)17(22)20(16)24-18(23)15-10-19-9-11-5-1-2-6-12(11)15/h3-4,7-10H,1-2,5-6H2. The van der Waals surface area contributed by atoms with Gasteiger partial charge >= 0.3 is 5.97 Å². The van der Waals surface area contributed by atoms with E-state index in [0.29, 0.717) is 10.6 Å². The first-order valence-corrected chi connectivity index (χ1v) is 7.82. The number of amides is 2. The number of carbonyl (C=O) groups is 3. The zero-order valence-electron chi connectivity index (χ0n) is 12.8. The summed E-state index contributed by atoms with van der Waals surface area (Å²) in [5, 5.41) is 0.537. The number of nitrogens with zero attached hydrogens (tertiary/aromatic N) is 2. The molecule has 0 fully saturated rings. The van der Waals surface area contributed by atoms with Crippen LogP contribution in [0.25, 0.3) is 0 Å². The second kappa shape index (κ2) is 5.56. The minimum atomic E-state index is -0.726. The van der Waals surface area contributed by atoms with Crippen LogP contribution in [-0.2, 0) is 17.7 Å². The van der Waals surface area contributed by atoms with Gasteiger partial charge in [0, 0.05) is 12.4 Å². The Kier molecular flexibility index (Phi) is 3.37. The van der Waals surface area contributed by atoms with Crippen molar-refractivity contribution in [2.24, 2.45) is 0 Å². The quantitative estimate of drug-likeness (QED) is 0.793. The van der Waals surface area contributed by atoms with Crippen LogP contribution in [-0.4, -0.2) is 27.8 Å². The average molecular weight is 322 g/mol. The smallest absolute Gasteiger partial charge is 0.324 e. The number of pyridine rings is 1. The Hall–Kier alpha value is -3.02. The molecule has 0 N–H and O–H groups in total. The molecule has 0 spiro atoms. The van der Waals surface area contributed by atoms with Crippen LogP contribution in [0.4, 0.5) is 0 Å². The van der Waals surface area contributed by atoms with Gasteiger partial charge in [0.05, 0.1) is 16.7 Å². The van der Waals surface area contributed by atoms with Crippen molar-refractivity contribution in [3.63, 3.8) is 0 Å². The van der Waals surface area contributed by atoms with E-state index in [2.05, 4.69) is 4.98 Å². The fraction of sp³-hybridized carbons (Fsp3) is 0.222. The van der Waals surface area contributed by atoms with Crippen molar-refractivity contribution in [2.45, 2.75) is 25.7 Å². The highest BCUT2D eigenvalue weighted by Crippen LogP contribution is 2.26. The predicted octanol–water partition coefficient (Wildman–Crippen LogP) is 2.33. The predicted molar refractivity (Wildman–Crippen MR) is 83.2 cm³/mol.